The molecule has 2 aromatic carbocycles. The van der Waals surface area contributed by atoms with Crippen LogP contribution in [0.1, 0.15) is 24.0 Å². The number of aromatic hydroxyl groups is 1. The molecule has 0 unspecified atom stereocenters. The molecule has 26 heavy (non-hydrogen) atoms. The Morgan fingerprint density at radius 2 is 1.92 bits per heavy atom. The third-order valence-electron chi connectivity index (χ3n) is 4.85. The van der Waals surface area contributed by atoms with E-state index in [1.54, 1.807) is 6.21 Å². The minimum Gasteiger partial charge on any atom is -0.494 e. The van der Waals surface area contributed by atoms with Crippen LogP contribution < -0.4 is 5.32 Å². The molecule has 4 rings (SSSR count). The van der Waals surface area contributed by atoms with Crippen LogP contribution in [-0.2, 0) is 4.74 Å². The lowest BCUT2D eigenvalue weighted by Gasteiger charge is -2.24. The van der Waals surface area contributed by atoms with Crippen LogP contribution in [0.15, 0.2) is 47.5 Å². The lowest BCUT2D eigenvalue weighted by atomic mass is 10.1. The molecule has 134 valence electrons. The van der Waals surface area contributed by atoms with E-state index >= 15 is 0 Å². The topological polar surface area (TPSA) is 69.6 Å². The minimum absolute atomic E-state index is 0.149. The predicted molar refractivity (Wildman–Crippen MR) is 106 cm³/mol. The highest BCUT2D eigenvalue weighted by Gasteiger charge is 2.13. The van der Waals surface area contributed by atoms with Crippen molar-refractivity contribution in [1.29, 1.82) is 0 Å². The molecule has 3 N–H and O–H groups in total. The number of aromatic amines is 1. The molecule has 5 heteroatoms. The van der Waals surface area contributed by atoms with E-state index in [1.807, 2.05) is 49.4 Å². The second-order valence-corrected chi connectivity index (χ2v) is 6.72. The molecule has 0 saturated carbocycles. The van der Waals surface area contributed by atoms with Crippen LogP contribution in [0, 0.1) is 6.92 Å². The van der Waals surface area contributed by atoms with Gasteiger partial charge in [-0.25, -0.2) is 0 Å². The highest BCUT2D eigenvalue weighted by Crippen LogP contribution is 2.29. The maximum Gasteiger partial charge on any atom is 0.198 e. The maximum absolute atomic E-state index is 10.2. The monoisotopic (exact) mass is 349 g/mol. The van der Waals surface area contributed by atoms with Crippen molar-refractivity contribution in [1.82, 2.24) is 4.98 Å². The summed E-state index contributed by atoms with van der Waals surface area (Å²) in [7, 11) is 0. The van der Waals surface area contributed by atoms with Crippen molar-refractivity contribution in [2.45, 2.75) is 25.8 Å². The van der Waals surface area contributed by atoms with E-state index in [9.17, 15) is 5.11 Å². The molecule has 0 bridgehead atoms. The number of rotatable bonds is 4. The van der Waals surface area contributed by atoms with Gasteiger partial charge >= 0.3 is 0 Å². The zero-order valence-electron chi connectivity index (χ0n) is 14.8. The lowest BCUT2D eigenvalue weighted by molar-refractivity contribution is 0.0904. The number of nitrogens with one attached hydrogen (secondary N) is 2. The number of aromatic nitrogens is 1. The molecule has 0 radical (unpaired) electrons. The van der Waals surface area contributed by atoms with E-state index in [0.717, 1.165) is 59.5 Å². The fourth-order valence-corrected chi connectivity index (χ4v) is 3.43. The van der Waals surface area contributed by atoms with Crippen LogP contribution in [0.2, 0.25) is 0 Å². The second kappa shape index (κ2) is 7.22. The van der Waals surface area contributed by atoms with Crippen molar-refractivity contribution >= 4 is 28.5 Å². The first-order valence-corrected chi connectivity index (χ1v) is 8.99. The average molecular weight is 349 g/mol. The molecule has 1 fully saturated rings. The largest absolute Gasteiger partial charge is 0.494 e. The molecule has 5 nitrogen and oxygen atoms in total. The third-order valence-corrected chi connectivity index (χ3v) is 4.85. The van der Waals surface area contributed by atoms with Gasteiger partial charge in [-0.05, 0) is 55.7 Å². The smallest absolute Gasteiger partial charge is 0.198 e. The Bertz CT molecular complexity index is 922. The Labute approximate surface area is 152 Å². The summed E-state index contributed by atoms with van der Waals surface area (Å²) in [6.07, 6.45) is 3.81. The van der Waals surface area contributed by atoms with Gasteiger partial charge in [-0.15, -0.1) is 0 Å². The van der Waals surface area contributed by atoms with E-state index in [2.05, 4.69) is 15.3 Å². The normalized spacial score (nSPS) is 15.7. The lowest BCUT2D eigenvalue weighted by Crippen LogP contribution is -2.27. The molecule has 2 heterocycles. The van der Waals surface area contributed by atoms with Gasteiger partial charge in [0, 0.05) is 42.1 Å². The highest BCUT2D eigenvalue weighted by molar-refractivity contribution is 6.04. The summed E-state index contributed by atoms with van der Waals surface area (Å²) >= 11 is 0. The fraction of sp³-hybridized carbons (Fsp3) is 0.286. The van der Waals surface area contributed by atoms with Crippen LogP contribution in [0.4, 0.5) is 11.4 Å². The van der Waals surface area contributed by atoms with Crippen LogP contribution >= 0.6 is 0 Å². The summed E-state index contributed by atoms with van der Waals surface area (Å²) in [5.41, 5.74) is 4.70. The summed E-state index contributed by atoms with van der Waals surface area (Å²) in [6, 6.07) is 14.5. The van der Waals surface area contributed by atoms with Crippen LogP contribution in [0.5, 0.6) is 5.88 Å². The van der Waals surface area contributed by atoms with E-state index in [1.165, 1.54) is 0 Å². The second-order valence-electron chi connectivity index (χ2n) is 6.72. The third kappa shape index (κ3) is 3.44. The van der Waals surface area contributed by atoms with E-state index in [4.69, 9.17) is 4.74 Å². The van der Waals surface area contributed by atoms with Crippen molar-refractivity contribution in [2.24, 2.45) is 4.99 Å². The van der Waals surface area contributed by atoms with E-state index in [-0.39, 0.29) is 5.88 Å². The van der Waals surface area contributed by atoms with Crippen LogP contribution in [-0.4, -0.2) is 35.6 Å². The molecule has 1 saturated heterocycles. The zero-order chi connectivity index (χ0) is 17.9. The number of hydrogen-bond acceptors (Lipinski definition) is 4. The fourth-order valence-electron chi connectivity index (χ4n) is 3.43. The number of nitrogens with zero attached hydrogens (tertiary/aromatic N) is 1. The van der Waals surface area contributed by atoms with Crippen molar-refractivity contribution in [3.63, 3.8) is 0 Å². The van der Waals surface area contributed by atoms with Gasteiger partial charge in [0.1, 0.15) is 0 Å². The molecule has 0 amide bonds. The van der Waals surface area contributed by atoms with E-state index in [0.29, 0.717) is 6.04 Å². The number of fused-ring (bicyclic) bond motifs is 1. The molecule has 0 atom stereocenters. The molecular formula is C21H23N3O2. The quantitative estimate of drug-likeness (QED) is 0.606. The molecule has 0 spiro atoms. The predicted octanol–water partition coefficient (Wildman–Crippen LogP) is 4.52. The Morgan fingerprint density at radius 3 is 2.69 bits per heavy atom. The van der Waals surface area contributed by atoms with Gasteiger partial charge < -0.3 is 20.1 Å². The van der Waals surface area contributed by atoms with Gasteiger partial charge in [0.15, 0.2) is 5.88 Å². The van der Waals surface area contributed by atoms with Crippen molar-refractivity contribution in [3.05, 3.63) is 53.6 Å². The number of benzene rings is 2. The van der Waals surface area contributed by atoms with Gasteiger partial charge in [-0.3, -0.25) is 4.99 Å². The van der Waals surface area contributed by atoms with Gasteiger partial charge in [0.05, 0.1) is 11.3 Å². The zero-order valence-corrected chi connectivity index (χ0v) is 14.8. The molecule has 0 aliphatic carbocycles. The summed E-state index contributed by atoms with van der Waals surface area (Å²) in [4.78, 5) is 7.54. The molecule has 1 aliphatic heterocycles. The first kappa shape index (κ1) is 16.7. The number of anilines is 1. The molecule has 3 aromatic rings. The number of hydrogen-bond donors (Lipinski definition) is 3. The van der Waals surface area contributed by atoms with Crippen molar-refractivity contribution in [2.75, 3.05) is 18.5 Å². The molecule has 1 aromatic heterocycles. The van der Waals surface area contributed by atoms with Gasteiger partial charge in [-0.1, -0.05) is 12.1 Å². The maximum atomic E-state index is 10.2. The van der Waals surface area contributed by atoms with Crippen LogP contribution in [0.25, 0.3) is 10.9 Å². The summed E-state index contributed by atoms with van der Waals surface area (Å²) < 4.78 is 5.39. The summed E-state index contributed by atoms with van der Waals surface area (Å²) in [5, 5.41) is 14.7. The standard InChI is InChI=1S/C21H23N3O2/c1-14-3-2-4-19-20(14)18(21(25)24-19)13-22-15-5-7-16(8-6-15)23-17-9-11-26-12-10-17/h2-8,13,17,23-25H,9-12H2,1H3. The average Bonchev–Trinajstić information content (AvgIpc) is 2.98. The highest BCUT2D eigenvalue weighted by atomic mass is 16.5. The van der Waals surface area contributed by atoms with Crippen LogP contribution in [0.3, 0.4) is 0 Å². The Morgan fingerprint density at radius 1 is 1.15 bits per heavy atom. The molecular weight excluding hydrogens is 326 g/mol. The van der Waals surface area contributed by atoms with Gasteiger partial charge in [0.2, 0.25) is 0 Å². The summed E-state index contributed by atoms with van der Waals surface area (Å²) in [6.45, 7) is 3.69. The first-order chi connectivity index (χ1) is 12.7. The number of aryl methyl sites for hydroxylation is 1. The first-order valence-electron chi connectivity index (χ1n) is 8.99. The summed E-state index contributed by atoms with van der Waals surface area (Å²) in [5.74, 6) is 0.149. The van der Waals surface area contributed by atoms with Gasteiger partial charge in [0.25, 0.3) is 0 Å². The van der Waals surface area contributed by atoms with Gasteiger partial charge in [-0.2, -0.15) is 0 Å². The SMILES string of the molecule is Cc1cccc2[nH]c(O)c(C=Nc3ccc(NC4CCOCC4)cc3)c12. The number of aliphatic imine (C=N–C) groups is 1. The Kier molecular flexibility index (Phi) is 4.63. The van der Waals surface area contributed by atoms with E-state index < -0.39 is 0 Å². The Hall–Kier alpha value is -2.79. The minimum atomic E-state index is 0.149. The number of H-pyrrole nitrogens is 1. The number of ether oxygens (including phenoxy) is 1. The van der Waals surface area contributed by atoms with Crippen molar-refractivity contribution in [3.8, 4) is 5.88 Å². The van der Waals surface area contributed by atoms with Crippen molar-refractivity contribution < 1.29 is 9.84 Å². The Balaban J connectivity index is 1.51. The molecule has 1 aliphatic rings.